The molecule has 2 aromatic rings. The van der Waals surface area contributed by atoms with Crippen molar-refractivity contribution in [1.29, 1.82) is 0 Å². The van der Waals surface area contributed by atoms with Gasteiger partial charge in [-0.2, -0.15) is 0 Å². The molecule has 1 fully saturated rings. The van der Waals surface area contributed by atoms with Crippen LogP contribution in [0.15, 0.2) is 30.3 Å². The molecule has 0 spiro atoms. The van der Waals surface area contributed by atoms with Crippen molar-refractivity contribution < 1.29 is 14.5 Å². The number of carbonyl (C=O) groups excluding carboxylic acids is 1. The summed E-state index contributed by atoms with van der Waals surface area (Å²) in [5, 5.41) is 17.1. The third kappa shape index (κ3) is 6.53. The lowest BCUT2D eigenvalue weighted by molar-refractivity contribution is -0.384. The van der Waals surface area contributed by atoms with Crippen molar-refractivity contribution in [1.82, 2.24) is 15.3 Å². The Morgan fingerprint density at radius 2 is 1.81 bits per heavy atom. The number of rotatable bonds is 7. The van der Waals surface area contributed by atoms with Crippen LogP contribution >= 0.6 is 0 Å². The van der Waals surface area contributed by atoms with Crippen LogP contribution in [0.1, 0.15) is 37.1 Å². The van der Waals surface area contributed by atoms with Crippen molar-refractivity contribution in [2.45, 2.75) is 51.3 Å². The summed E-state index contributed by atoms with van der Waals surface area (Å²) in [5.41, 5.74) is 0.708. The summed E-state index contributed by atoms with van der Waals surface area (Å²) < 4.78 is 5.25. The molecule has 31 heavy (non-hydrogen) atoms. The lowest BCUT2D eigenvalue weighted by atomic mass is 9.91. The van der Waals surface area contributed by atoms with Crippen LogP contribution in [0, 0.1) is 17.0 Å². The van der Waals surface area contributed by atoms with Crippen LogP contribution in [0.4, 0.5) is 22.1 Å². The van der Waals surface area contributed by atoms with Gasteiger partial charge in [0.2, 0.25) is 0 Å². The molecule has 0 atom stereocenters. The standard InChI is InChI=1S/C21H28N6O4/c1-14-22-19(12-20(23-14)26(2)3)24-16-6-8-17(9-7-16)25-21(28)31-13-15-4-10-18(11-5-15)27(29)30/h4-5,10-12,16-17H,6-9,13H2,1-3H3,(H,25,28)(H,22,23,24). The SMILES string of the molecule is Cc1nc(NC2CCC(NC(=O)OCc3ccc([N+](=O)[O-])cc3)CC2)cc(N(C)C)n1. The molecule has 10 nitrogen and oxygen atoms in total. The van der Waals surface area contributed by atoms with Gasteiger partial charge in [-0.05, 0) is 50.3 Å². The summed E-state index contributed by atoms with van der Waals surface area (Å²) in [6.07, 6.45) is 3.03. The van der Waals surface area contributed by atoms with E-state index in [1.54, 1.807) is 12.1 Å². The number of nitro benzene ring substituents is 1. The van der Waals surface area contributed by atoms with Gasteiger partial charge < -0.3 is 20.3 Å². The molecule has 1 aliphatic rings. The number of hydrogen-bond acceptors (Lipinski definition) is 8. The van der Waals surface area contributed by atoms with Gasteiger partial charge in [0.25, 0.3) is 5.69 Å². The van der Waals surface area contributed by atoms with Gasteiger partial charge in [-0.15, -0.1) is 0 Å². The molecular weight excluding hydrogens is 400 g/mol. The zero-order chi connectivity index (χ0) is 22.4. The van der Waals surface area contributed by atoms with E-state index in [1.165, 1.54) is 12.1 Å². The Morgan fingerprint density at radius 1 is 1.16 bits per heavy atom. The maximum absolute atomic E-state index is 12.1. The predicted octanol–water partition coefficient (Wildman–Crippen LogP) is 3.41. The number of nitro groups is 1. The van der Waals surface area contributed by atoms with Crippen molar-refractivity contribution in [2.75, 3.05) is 24.3 Å². The first-order valence-electron chi connectivity index (χ1n) is 10.3. The highest BCUT2D eigenvalue weighted by molar-refractivity contribution is 5.67. The number of hydrogen-bond donors (Lipinski definition) is 2. The lowest BCUT2D eigenvalue weighted by Gasteiger charge is -2.30. The largest absolute Gasteiger partial charge is 0.445 e. The Hall–Kier alpha value is -3.43. The van der Waals surface area contributed by atoms with Crippen LogP contribution in [-0.4, -0.2) is 47.2 Å². The van der Waals surface area contributed by atoms with E-state index in [2.05, 4.69) is 20.6 Å². The van der Waals surface area contributed by atoms with Gasteiger partial charge in [-0.3, -0.25) is 10.1 Å². The minimum atomic E-state index is -0.475. The van der Waals surface area contributed by atoms with E-state index in [0.29, 0.717) is 11.6 Å². The molecule has 0 bridgehead atoms. The predicted molar refractivity (Wildman–Crippen MR) is 117 cm³/mol. The summed E-state index contributed by atoms with van der Waals surface area (Å²) in [4.78, 5) is 33.1. The fraction of sp³-hybridized carbons (Fsp3) is 0.476. The molecule has 0 unspecified atom stereocenters. The topological polar surface area (TPSA) is 123 Å². The molecule has 0 radical (unpaired) electrons. The Bertz CT molecular complexity index is 911. The van der Waals surface area contributed by atoms with Crippen LogP contribution in [0.25, 0.3) is 0 Å². The van der Waals surface area contributed by atoms with Gasteiger partial charge in [0.05, 0.1) is 4.92 Å². The first-order valence-corrected chi connectivity index (χ1v) is 10.3. The molecule has 2 N–H and O–H groups in total. The molecule has 3 rings (SSSR count). The van der Waals surface area contributed by atoms with E-state index in [0.717, 1.165) is 43.1 Å². The maximum atomic E-state index is 12.1. The van der Waals surface area contributed by atoms with Gasteiger partial charge in [-0.25, -0.2) is 14.8 Å². The molecule has 0 aliphatic heterocycles. The highest BCUT2D eigenvalue weighted by Gasteiger charge is 2.23. The number of ether oxygens (including phenoxy) is 1. The highest BCUT2D eigenvalue weighted by Crippen LogP contribution is 2.23. The molecule has 1 aromatic heterocycles. The number of amides is 1. The highest BCUT2D eigenvalue weighted by atomic mass is 16.6. The molecule has 1 heterocycles. The van der Waals surface area contributed by atoms with Crippen molar-refractivity contribution in [2.24, 2.45) is 0 Å². The van der Waals surface area contributed by atoms with Gasteiger partial charge in [0.15, 0.2) is 0 Å². The van der Waals surface area contributed by atoms with Crippen LogP contribution < -0.4 is 15.5 Å². The van der Waals surface area contributed by atoms with Gasteiger partial charge in [-0.1, -0.05) is 0 Å². The van der Waals surface area contributed by atoms with Crippen LogP contribution in [-0.2, 0) is 11.3 Å². The molecule has 1 aromatic carbocycles. The number of anilines is 2. The number of benzene rings is 1. The van der Waals surface area contributed by atoms with Crippen LogP contribution in [0.3, 0.4) is 0 Å². The quantitative estimate of drug-likeness (QED) is 0.508. The number of aromatic nitrogens is 2. The van der Waals surface area contributed by atoms with Gasteiger partial charge >= 0.3 is 6.09 Å². The minimum absolute atomic E-state index is 0.00800. The van der Waals surface area contributed by atoms with Crippen molar-refractivity contribution in [3.8, 4) is 0 Å². The third-order valence-electron chi connectivity index (χ3n) is 5.20. The summed E-state index contributed by atoms with van der Waals surface area (Å²) in [6, 6.07) is 8.24. The summed E-state index contributed by atoms with van der Waals surface area (Å²) >= 11 is 0. The number of nitrogens with zero attached hydrogens (tertiary/aromatic N) is 4. The molecule has 166 valence electrons. The Morgan fingerprint density at radius 3 is 2.42 bits per heavy atom. The minimum Gasteiger partial charge on any atom is -0.445 e. The summed E-state index contributed by atoms with van der Waals surface area (Å²) in [6.45, 7) is 1.95. The molecule has 10 heteroatoms. The number of nitrogens with one attached hydrogen (secondary N) is 2. The Balaban J connectivity index is 1.41. The van der Waals surface area contributed by atoms with E-state index in [1.807, 2.05) is 32.0 Å². The third-order valence-corrected chi connectivity index (χ3v) is 5.20. The van der Waals surface area contributed by atoms with Crippen molar-refractivity contribution >= 4 is 23.4 Å². The first-order chi connectivity index (χ1) is 14.8. The van der Waals surface area contributed by atoms with Crippen LogP contribution in [0.5, 0.6) is 0 Å². The Labute approximate surface area is 181 Å². The molecule has 1 amide bonds. The number of non-ortho nitro benzene ring substituents is 1. The van der Waals surface area contributed by atoms with E-state index in [-0.39, 0.29) is 18.3 Å². The molecule has 0 saturated heterocycles. The Kier molecular flexibility index (Phi) is 7.22. The summed E-state index contributed by atoms with van der Waals surface area (Å²) in [5.74, 6) is 2.40. The number of aryl methyl sites for hydroxylation is 1. The first kappa shape index (κ1) is 22.3. The van der Waals surface area contributed by atoms with E-state index < -0.39 is 11.0 Å². The monoisotopic (exact) mass is 428 g/mol. The average molecular weight is 428 g/mol. The van der Waals surface area contributed by atoms with Crippen LogP contribution in [0.2, 0.25) is 0 Å². The normalized spacial score (nSPS) is 18.2. The second-order valence-electron chi connectivity index (χ2n) is 7.89. The fourth-order valence-electron chi connectivity index (χ4n) is 3.52. The lowest BCUT2D eigenvalue weighted by Crippen LogP contribution is -2.40. The molecular formula is C21H28N6O4. The molecule has 1 saturated carbocycles. The smallest absolute Gasteiger partial charge is 0.407 e. The van der Waals surface area contributed by atoms with E-state index in [4.69, 9.17) is 4.74 Å². The van der Waals surface area contributed by atoms with Crippen molar-refractivity contribution in [3.05, 3.63) is 51.8 Å². The second kappa shape index (κ2) is 10.1. The molecule has 1 aliphatic carbocycles. The van der Waals surface area contributed by atoms with Gasteiger partial charge in [0, 0.05) is 44.4 Å². The van der Waals surface area contributed by atoms with Crippen molar-refractivity contribution in [3.63, 3.8) is 0 Å². The second-order valence-corrected chi connectivity index (χ2v) is 7.89. The summed E-state index contributed by atoms with van der Waals surface area (Å²) in [7, 11) is 3.90. The van der Waals surface area contributed by atoms with E-state index in [9.17, 15) is 14.9 Å². The fourth-order valence-corrected chi connectivity index (χ4v) is 3.52. The maximum Gasteiger partial charge on any atom is 0.407 e. The zero-order valence-electron chi connectivity index (χ0n) is 18.0. The zero-order valence-corrected chi connectivity index (χ0v) is 18.0. The van der Waals surface area contributed by atoms with E-state index >= 15 is 0 Å². The average Bonchev–Trinajstić information content (AvgIpc) is 2.73. The van der Waals surface area contributed by atoms with Gasteiger partial charge in [0.1, 0.15) is 24.1 Å². The number of carbonyl (C=O) groups is 1. The number of alkyl carbamates (subject to hydrolysis) is 1.